The number of alkyl halides is 2. The van der Waals surface area contributed by atoms with Gasteiger partial charge >= 0.3 is 11.9 Å². The molecular weight excluding hydrogens is 210 g/mol. The fraction of sp³-hybridized carbons (Fsp3) is 0.400. The van der Waals surface area contributed by atoms with Gasteiger partial charge in [-0.1, -0.05) is 6.08 Å². The number of carbonyl (C=O) groups is 1. The molecule has 0 unspecified atom stereocenters. The van der Waals surface area contributed by atoms with Crippen LogP contribution in [0, 0.1) is 0 Å². The van der Waals surface area contributed by atoms with Crippen LogP contribution in [0.25, 0.3) is 0 Å². The van der Waals surface area contributed by atoms with Gasteiger partial charge in [0, 0.05) is 6.42 Å². The molecule has 2 nitrogen and oxygen atoms in total. The number of rotatable bonds is 3. The molecular formula is C5H5BrF2O2. The summed E-state index contributed by atoms with van der Waals surface area (Å²) in [7, 11) is 0. The van der Waals surface area contributed by atoms with Gasteiger partial charge in [-0.3, -0.25) is 0 Å². The lowest BCUT2D eigenvalue weighted by Gasteiger charge is -2.08. The van der Waals surface area contributed by atoms with E-state index in [2.05, 4.69) is 26.7 Å². The van der Waals surface area contributed by atoms with E-state index in [1.807, 2.05) is 0 Å². The van der Waals surface area contributed by atoms with E-state index >= 15 is 0 Å². The zero-order valence-electron chi connectivity index (χ0n) is 4.94. The first-order chi connectivity index (χ1) is 4.54. The molecule has 0 saturated heterocycles. The van der Waals surface area contributed by atoms with Crippen molar-refractivity contribution >= 4 is 22.2 Å². The van der Waals surface area contributed by atoms with Crippen LogP contribution in [0.4, 0.5) is 8.78 Å². The van der Waals surface area contributed by atoms with Crippen LogP contribution in [-0.2, 0) is 8.62 Å². The number of allylic oxidation sites excluding steroid dienone is 1. The fourth-order valence-corrected chi connectivity index (χ4v) is 0.558. The average molecular weight is 215 g/mol. The van der Waals surface area contributed by atoms with Crippen LogP contribution in [0.3, 0.4) is 0 Å². The molecule has 0 atom stereocenters. The average Bonchev–Trinajstić information content (AvgIpc) is 1.86. The second kappa shape index (κ2) is 3.65. The summed E-state index contributed by atoms with van der Waals surface area (Å²) >= 11 is 2.16. The van der Waals surface area contributed by atoms with Gasteiger partial charge in [-0.2, -0.15) is 8.78 Å². The first-order valence-corrected chi connectivity index (χ1v) is 3.01. The first kappa shape index (κ1) is 9.55. The molecule has 0 amide bonds. The van der Waals surface area contributed by atoms with E-state index in [-0.39, 0.29) is 0 Å². The van der Waals surface area contributed by atoms with Crippen LogP contribution >= 0.6 is 16.3 Å². The van der Waals surface area contributed by atoms with E-state index in [1.165, 1.54) is 0 Å². The number of carbonyl (C=O) groups excluding carboxylic acids is 1. The summed E-state index contributed by atoms with van der Waals surface area (Å²) < 4.78 is 28.1. The van der Waals surface area contributed by atoms with E-state index in [9.17, 15) is 13.6 Å². The van der Waals surface area contributed by atoms with Gasteiger partial charge in [0.25, 0.3) is 0 Å². The van der Waals surface area contributed by atoms with Gasteiger partial charge in [0.2, 0.25) is 0 Å². The van der Waals surface area contributed by atoms with E-state index in [0.29, 0.717) is 0 Å². The molecule has 0 rings (SSSR count). The van der Waals surface area contributed by atoms with Crippen molar-refractivity contribution in [1.82, 2.24) is 0 Å². The Hall–Kier alpha value is -0.450. The van der Waals surface area contributed by atoms with Crippen molar-refractivity contribution in [2.45, 2.75) is 12.3 Å². The van der Waals surface area contributed by atoms with Crippen molar-refractivity contribution in [2.24, 2.45) is 0 Å². The van der Waals surface area contributed by atoms with Crippen molar-refractivity contribution in [3.8, 4) is 0 Å². The van der Waals surface area contributed by atoms with Crippen LogP contribution < -0.4 is 0 Å². The summed E-state index contributed by atoms with van der Waals surface area (Å²) in [6.45, 7) is 3.06. The molecule has 0 aliphatic heterocycles. The summed E-state index contributed by atoms with van der Waals surface area (Å²) in [5.74, 6) is -5.07. The molecule has 0 aliphatic rings. The van der Waals surface area contributed by atoms with Crippen LogP contribution in [0.15, 0.2) is 12.7 Å². The highest BCUT2D eigenvalue weighted by molar-refractivity contribution is 9.06. The second-order valence-electron chi connectivity index (χ2n) is 1.56. The van der Waals surface area contributed by atoms with E-state index < -0.39 is 18.3 Å². The van der Waals surface area contributed by atoms with Crippen molar-refractivity contribution in [3.05, 3.63) is 12.7 Å². The fourth-order valence-electron chi connectivity index (χ4n) is 0.321. The van der Waals surface area contributed by atoms with Gasteiger partial charge < -0.3 is 3.83 Å². The highest BCUT2D eigenvalue weighted by Crippen LogP contribution is 2.21. The molecule has 0 fully saturated rings. The second-order valence-corrected chi connectivity index (χ2v) is 1.89. The number of hydrogen-bond donors (Lipinski definition) is 0. The minimum absolute atomic E-state index is 0.711. The third kappa shape index (κ3) is 2.43. The molecule has 0 radical (unpaired) electrons. The molecule has 0 bridgehead atoms. The Kier molecular flexibility index (Phi) is 3.49. The SMILES string of the molecule is C=CCC(F)(F)C(=O)OBr. The van der Waals surface area contributed by atoms with Gasteiger partial charge in [-0.25, -0.2) is 4.79 Å². The highest BCUT2D eigenvalue weighted by Gasteiger charge is 2.38. The Labute approximate surface area is 65.3 Å². The van der Waals surface area contributed by atoms with Gasteiger partial charge in [0.05, 0.1) is 0 Å². The van der Waals surface area contributed by atoms with Gasteiger partial charge in [0.15, 0.2) is 16.3 Å². The van der Waals surface area contributed by atoms with E-state index in [1.54, 1.807) is 0 Å². The smallest absolute Gasteiger partial charge is 0.379 e. The molecule has 0 aromatic heterocycles. The lowest BCUT2D eigenvalue weighted by atomic mass is 10.2. The van der Waals surface area contributed by atoms with Crippen molar-refractivity contribution in [1.29, 1.82) is 0 Å². The number of hydrogen-bond acceptors (Lipinski definition) is 2. The van der Waals surface area contributed by atoms with E-state index in [4.69, 9.17) is 0 Å². The lowest BCUT2D eigenvalue weighted by Crippen LogP contribution is -2.27. The van der Waals surface area contributed by atoms with Crippen LogP contribution in [0.5, 0.6) is 0 Å². The summed E-state index contributed by atoms with van der Waals surface area (Å²) in [6.07, 6.45) is 0.237. The standard InChI is InChI=1S/C5H5BrF2O2/c1-2-3-5(7,8)4(9)10-6/h2H,1,3H2. The van der Waals surface area contributed by atoms with Crippen LogP contribution in [-0.4, -0.2) is 11.9 Å². The monoisotopic (exact) mass is 214 g/mol. The Bertz CT molecular complexity index is 147. The first-order valence-electron chi connectivity index (χ1n) is 2.36. The minimum atomic E-state index is -3.47. The summed E-state index contributed by atoms with van der Waals surface area (Å²) in [4.78, 5) is 10.2. The Morgan fingerprint density at radius 3 is 2.60 bits per heavy atom. The topological polar surface area (TPSA) is 26.3 Å². The summed E-state index contributed by atoms with van der Waals surface area (Å²) in [5.41, 5.74) is 0. The predicted molar refractivity (Wildman–Crippen MR) is 34.8 cm³/mol. The lowest BCUT2D eigenvalue weighted by molar-refractivity contribution is -0.158. The molecule has 5 heteroatoms. The number of halogens is 3. The van der Waals surface area contributed by atoms with Gasteiger partial charge in [0.1, 0.15) is 0 Å². The van der Waals surface area contributed by atoms with Crippen LogP contribution in [0.1, 0.15) is 6.42 Å². The molecule has 0 aliphatic carbocycles. The summed E-state index contributed by atoms with van der Waals surface area (Å²) in [6, 6.07) is 0. The Morgan fingerprint density at radius 2 is 2.30 bits per heavy atom. The quantitative estimate of drug-likeness (QED) is 0.673. The molecule has 0 aromatic carbocycles. The molecule has 0 saturated carbocycles. The highest BCUT2D eigenvalue weighted by atomic mass is 79.9. The predicted octanol–water partition coefficient (Wildman–Crippen LogP) is 2.05. The van der Waals surface area contributed by atoms with Crippen molar-refractivity contribution in [2.75, 3.05) is 0 Å². The van der Waals surface area contributed by atoms with Crippen molar-refractivity contribution < 1.29 is 17.4 Å². The molecule has 0 spiro atoms. The maximum absolute atomic E-state index is 12.2. The molecule has 0 aromatic rings. The largest absolute Gasteiger partial charge is 0.388 e. The third-order valence-corrected chi connectivity index (χ3v) is 1.06. The Morgan fingerprint density at radius 1 is 1.80 bits per heavy atom. The molecule has 58 valence electrons. The molecule has 0 heterocycles. The zero-order chi connectivity index (χ0) is 8.20. The van der Waals surface area contributed by atoms with E-state index in [0.717, 1.165) is 6.08 Å². The molecule has 0 N–H and O–H groups in total. The zero-order valence-corrected chi connectivity index (χ0v) is 6.53. The van der Waals surface area contributed by atoms with Gasteiger partial charge in [-0.15, -0.1) is 6.58 Å². The summed E-state index contributed by atoms with van der Waals surface area (Å²) in [5, 5.41) is 0. The molecule has 10 heavy (non-hydrogen) atoms. The maximum Gasteiger partial charge on any atom is 0.388 e. The normalized spacial score (nSPS) is 10.7. The van der Waals surface area contributed by atoms with Crippen LogP contribution in [0.2, 0.25) is 0 Å². The van der Waals surface area contributed by atoms with Gasteiger partial charge in [-0.05, 0) is 0 Å². The Balaban J connectivity index is 4.08. The maximum atomic E-state index is 12.2. The minimum Gasteiger partial charge on any atom is -0.379 e. The van der Waals surface area contributed by atoms with Crippen molar-refractivity contribution in [3.63, 3.8) is 0 Å². The third-order valence-electron chi connectivity index (χ3n) is 0.769.